The van der Waals surface area contributed by atoms with Crippen LogP contribution in [0.2, 0.25) is 0 Å². The molecule has 0 saturated heterocycles. The van der Waals surface area contributed by atoms with E-state index in [-0.39, 0.29) is 6.29 Å². The summed E-state index contributed by atoms with van der Waals surface area (Å²) >= 11 is -2.28. The van der Waals surface area contributed by atoms with E-state index in [2.05, 4.69) is 0 Å². The summed E-state index contributed by atoms with van der Waals surface area (Å²) in [6, 6.07) is 0. The molecular formula is C3H9NO3PS-. The molecule has 56 valence electrons. The molecule has 0 radical (unpaired) electrons. The molecule has 0 amide bonds. The minimum Gasteiger partial charge on any atom is -0.760 e. The molecule has 1 N–H and O–H groups in total. The third-order valence-electron chi connectivity index (χ3n) is 0.563. The first-order valence-electron chi connectivity index (χ1n) is 2.28. The van der Waals surface area contributed by atoms with Crippen molar-refractivity contribution in [1.29, 1.82) is 0 Å². The quantitative estimate of drug-likeness (QED) is 0.477. The van der Waals surface area contributed by atoms with Gasteiger partial charge in [-0.25, -0.2) is 4.72 Å². The molecule has 0 aromatic rings. The maximum atomic E-state index is 10.8. The van der Waals surface area contributed by atoms with Gasteiger partial charge < -0.3 is 9.12 Å². The van der Waals surface area contributed by atoms with E-state index in [4.69, 9.17) is 0 Å². The van der Waals surface area contributed by atoms with Gasteiger partial charge in [0, 0.05) is 11.3 Å². The predicted molar refractivity (Wildman–Crippen MR) is 36.4 cm³/mol. The van der Waals surface area contributed by atoms with Crippen molar-refractivity contribution in [2.45, 2.75) is 0 Å². The van der Waals surface area contributed by atoms with Crippen LogP contribution >= 0.6 is 7.14 Å². The van der Waals surface area contributed by atoms with Crippen molar-refractivity contribution in [3.05, 3.63) is 0 Å². The summed E-state index contributed by atoms with van der Waals surface area (Å²) in [5.41, 5.74) is 0. The highest BCUT2D eigenvalue weighted by molar-refractivity contribution is 7.77. The van der Waals surface area contributed by atoms with E-state index in [1.165, 1.54) is 13.3 Å². The summed E-state index contributed by atoms with van der Waals surface area (Å²) in [4.78, 5) is 0. The standard InChI is InChI=1S/C3H10NO3PS/c1-8(2,5)3-4-9(6)7/h4H,3H2,1-2H3,(H,6,7)/p-1. The molecule has 0 fully saturated rings. The van der Waals surface area contributed by atoms with Crippen LogP contribution in [0.1, 0.15) is 0 Å². The van der Waals surface area contributed by atoms with Crippen LogP contribution in [0.4, 0.5) is 0 Å². The van der Waals surface area contributed by atoms with Gasteiger partial charge in [-0.1, -0.05) is 0 Å². The molecule has 0 aliphatic carbocycles. The monoisotopic (exact) mass is 170 g/mol. The normalized spacial score (nSPS) is 15.4. The second-order valence-electron chi connectivity index (χ2n) is 2.11. The van der Waals surface area contributed by atoms with Gasteiger partial charge in [0.1, 0.15) is 0 Å². The third kappa shape index (κ3) is 8.30. The average Bonchev–Trinajstić information content (AvgIpc) is 1.59. The zero-order chi connectivity index (χ0) is 7.49. The van der Waals surface area contributed by atoms with Gasteiger partial charge in [-0.15, -0.1) is 0 Å². The molecule has 0 aromatic carbocycles. The van der Waals surface area contributed by atoms with Crippen molar-refractivity contribution in [1.82, 2.24) is 4.72 Å². The van der Waals surface area contributed by atoms with E-state index >= 15 is 0 Å². The Morgan fingerprint density at radius 2 is 2.11 bits per heavy atom. The molecule has 0 saturated carbocycles. The predicted octanol–water partition coefficient (Wildman–Crippen LogP) is -0.0497. The van der Waals surface area contributed by atoms with Gasteiger partial charge in [-0.2, -0.15) is 0 Å². The maximum absolute atomic E-state index is 10.8. The number of rotatable bonds is 3. The molecular weight excluding hydrogens is 161 g/mol. The fourth-order valence-corrected chi connectivity index (χ4v) is 1.87. The van der Waals surface area contributed by atoms with Crippen LogP contribution in [0, 0.1) is 0 Å². The summed E-state index contributed by atoms with van der Waals surface area (Å²) in [5.74, 6) is 0. The van der Waals surface area contributed by atoms with Crippen LogP contribution in [-0.2, 0) is 15.8 Å². The summed E-state index contributed by atoms with van der Waals surface area (Å²) in [6.07, 6.45) is 0.0448. The highest BCUT2D eigenvalue weighted by Gasteiger charge is 2.04. The largest absolute Gasteiger partial charge is 0.760 e. The first-order valence-corrected chi connectivity index (χ1v) is 6.15. The molecule has 9 heavy (non-hydrogen) atoms. The Morgan fingerprint density at radius 3 is 2.22 bits per heavy atom. The van der Waals surface area contributed by atoms with Crippen LogP contribution in [0.3, 0.4) is 0 Å². The minimum atomic E-state index is -2.28. The lowest BCUT2D eigenvalue weighted by Gasteiger charge is -2.09. The molecule has 0 heterocycles. The molecule has 4 nitrogen and oxygen atoms in total. The topological polar surface area (TPSA) is 69.2 Å². The Labute approximate surface area is 56.8 Å². The summed E-state index contributed by atoms with van der Waals surface area (Å²) < 4.78 is 32.4. The van der Waals surface area contributed by atoms with Crippen molar-refractivity contribution in [3.63, 3.8) is 0 Å². The first kappa shape index (κ1) is 9.30. The Morgan fingerprint density at radius 1 is 1.67 bits per heavy atom. The Hall–Kier alpha value is 0.300. The number of hydrogen-bond acceptors (Lipinski definition) is 3. The zero-order valence-electron chi connectivity index (χ0n) is 5.29. The van der Waals surface area contributed by atoms with Crippen LogP contribution in [-0.4, -0.2) is 28.4 Å². The number of hydrogen-bond donors (Lipinski definition) is 1. The molecule has 0 bridgehead atoms. The lowest BCUT2D eigenvalue weighted by Crippen LogP contribution is -2.17. The van der Waals surface area contributed by atoms with Gasteiger partial charge in [0.25, 0.3) is 0 Å². The van der Waals surface area contributed by atoms with E-state index in [1.807, 2.05) is 4.72 Å². The summed E-state index contributed by atoms with van der Waals surface area (Å²) in [7, 11) is -2.22. The van der Waals surface area contributed by atoms with Crippen molar-refractivity contribution >= 4 is 18.4 Å². The molecule has 1 unspecified atom stereocenters. The summed E-state index contributed by atoms with van der Waals surface area (Å²) in [5, 5.41) is 0. The summed E-state index contributed by atoms with van der Waals surface area (Å²) in [6.45, 7) is 3.04. The van der Waals surface area contributed by atoms with Crippen molar-refractivity contribution in [3.8, 4) is 0 Å². The molecule has 1 atom stereocenters. The van der Waals surface area contributed by atoms with Gasteiger partial charge in [0.05, 0.1) is 13.4 Å². The number of nitrogens with one attached hydrogen (secondary N) is 1. The van der Waals surface area contributed by atoms with Gasteiger partial charge in [-0.05, 0) is 13.3 Å². The second-order valence-corrected chi connectivity index (χ2v) is 6.33. The van der Waals surface area contributed by atoms with Gasteiger partial charge in [0.2, 0.25) is 0 Å². The highest BCUT2D eigenvalue weighted by Crippen LogP contribution is 2.33. The molecule has 0 aliphatic rings. The van der Waals surface area contributed by atoms with Gasteiger partial charge >= 0.3 is 0 Å². The lowest BCUT2D eigenvalue weighted by molar-refractivity contribution is 0.525. The fraction of sp³-hybridized carbons (Fsp3) is 1.00. The van der Waals surface area contributed by atoms with Gasteiger partial charge in [-0.3, -0.25) is 4.21 Å². The SMILES string of the molecule is CP(C)(=O)CNS(=O)[O-]. The van der Waals surface area contributed by atoms with Crippen molar-refractivity contribution in [2.24, 2.45) is 0 Å². The second kappa shape index (κ2) is 3.46. The zero-order valence-corrected chi connectivity index (χ0v) is 7.00. The van der Waals surface area contributed by atoms with Crippen LogP contribution in [0.5, 0.6) is 0 Å². The van der Waals surface area contributed by atoms with Gasteiger partial charge in [0.15, 0.2) is 0 Å². The molecule has 6 heteroatoms. The van der Waals surface area contributed by atoms with Crippen LogP contribution < -0.4 is 4.72 Å². The van der Waals surface area contributed by atoms with E-state index in [0.29, 0.717) is 0 Å². The Bertz CT molecular complexity index is 153. The maximum Gasteiger partial charge on any atom is 0.0958 e. The van der Waals surface area contributed by atoms with E-state index in [0.717, 1.165) is 0 Å². The average molecular weight is 170 g/mol. The van der Waals surface area contributed by atoms with Crippen molar-refractivity contribution in [2.75, 3.05) is 19.6 Å². The molecule has 0 rings (SSSR count). The van der Waals surface area contributed by atoms with Crippen molar-refractivity contribution < 1.29 is 13.3 Å². The molecule has 0 aliphatic heterocycles. The van der Waals surface area contributed by atoms with Crippen LogP contribution in [0.15, 0.2) is 0 Å². The Balaban J connectivity index is 3.53. The lowest BCUT2D eigenvalue weighted by atomic mass is 11.5. The Kier molecular flexibility index (Phi) is 3.58. The third-order valence-corrected chi connectivity index (χ3v) is 2.08. The fourth-order valence-electron chi connectivity index (χ4n) is 0.208. The minimum absolute atomic E-state index is 0.0448. The van der Waals surface area contributed by atoms with E-state index < -0.39 is 18.4 Å². The molecule has 0 aromatic heterocycles. The van der Waals surface area contributed by atoms with E-state index in [9.17, 15) is 13.3 Å². The van der Waals surface area contributed by atoms with E-state index in [1.54, 1.807) is 0 Å². The first-order chi connectivity index (χ1) is 3.92. The molecule has 0 spiro atoms. The van der Waals surface area contributed by atoms with Crippen LogP contribution in [0.25, 0.3) is 0 Å². The smallest absolute Gasteiger partial charge is 0.0958 e. The highest BCUT2D eigenvalue weighted by atomic mass is 32.2.